The maximum atomic E-state index is 12.2. The van der Waals surface area contributed by atoms with Gasteiger partial charge in [-0.2, -0.15) is 0 Å². The first-order valence-electron chi connectivity index (χ1n) is 5.64. The van der Waals surface area contributed by atoms with Crippen LogP contribution in [0, 0.1) is 6.92 Å². The zero-order valence-electron chi connectivity index (χ0n) is 10.2. The van der Waals surface area contributed by atoms with Crippen LogP contribution in [0.2, 0.25) is 10.0 Å². The highest BCUT2D eigenvalue weighted by Crippen LogP contribution is 2.21. The molecule has 0 aliphatic carbocycles. The van der Waals surface area contributed by atoms with Crippen molar-refractivity contribution in [3.05, 3.63) is 68.1 Å². The summed E-state index contributed by atoms with van der Waals surface area (Å²) in [4.78, 5) is 23.9. The number of carbonyl (C=O) groups excluding carboxylic acids is 1. The number of aromatic nitrogens is 1. The number of hydrogen-bond donors (Lipinski definition) is 0. The number of pyridine rings is 1. The predicted molar refractivity (Wildman–Crippen MR) is 76.2 cm³/mol. The first-order valence-corrected chi connectivity index (χ1v) is 6.39. The fourth-order valence-corrected chi connectivity index (χ4v) is 2.28. The lowest BCUT2D eigenvalue weighted by Gasteiger charge is -2.09. The second-order valence-corrected chi connectivity index (χ2v) is 4.98. The van der Waals surface area contributed by atoms with Crippen molar-refractivity contribution in [1.29, 1.82) is 0 Å². The molecule has 0 amide bonds. The molecule has 19 heavy (non-hydrogen) atoms. The van der Waals surface area contributed by atoms with Crippen molar-refractivity contribution in [2.75, 3.05) is 0 Å². The molecule has 0 radical (unpaired) electrons. The summed E-state index contributed by atoms with van der Waals surface area (Å²) in [5, 5.41) is 0.758. The van der Waals surface area contributed by atoms with Gasteiger partial charge in [-0.3, -0.25) is 9.59 Å². The Kier molecular flexibility index (Phi) is 4.08. The van der Waals surface area contributed by atoms with Crippen molar-refractivity contribution in [2.45, 2.75) is 13.5 Å². The molecule has 0 fully saturated rings. The van der Waals surface area contributed by atoms with Gasteiger partial charge in [0.2, 0.25) is 0 Å². The smallest absolute Gasteiger partial charge is 0.251 e. The minimum Gasteiger partial charge on any atom is -0.305 e. The Labute approximate surface area is 120 Å². The summed E-state index contributed by atoms with van der Waals surface area (Å²) in [6, 6.07) is 9.53. The minimum absolute atomic E-state index is 0.0349. The van der Waals surface area contributed by atoms with Crippen LogP contribution < -0.4 is 5.56 Å². The molecule has 0 aliphatic heterocycles. The summed E-state index contributed by atoms with van der Waals surface area (Å²) in [7, 11) is 0. The third-order valence-electron chi connectivity index (χ3n) is 2.80. The molecule has 2 aromatic rings. The molecule has 0 bridgehead atoms. The molecular formula is C14H11Cl2NO2. The van der Waals surface area contributed by atoms with Crippen molar-refractivity contribution in [2.24, 2.45) is 0 Å². The van der Waals surface area contributed by atoms with E-state index in [1.807, 2.05) is 0 Å². The summed E-state index contributed by atoms with van der Waals surface area (Å²) >= 11 is 11.8. The van der Waals surface area contributed by atoms with E-state index in [1.165, 1.54) is 16.7 Å². The van der Waals surface area contributed by atoms with E-state index in [0.717, 1.165) is 5.69 Å². The summed E-state index contributed by atoms with van der Waals surface area (Å²) in [5.74, 6) is -0.224. The van der Waals surface area contributed by atoms with Crippen LogP contribution in [0.25, 0.3) is 0 Å². The van der Waals surface area contributed by atoms with E-state index in [9.17, 15) is 9.59 Å². The Hall–Kier alpha value is -1.58. The molecule has 5 heteroatoms. The Morgan fingerprint density at radius 2 is 1.95 bits per heavy atom. The standard InChI is InChI=1S/C14H11Cl2NO2/c1-9-3-2-4-14(19)17(9)8-13(18)11-6-5-10(15)7-12(11)16/h2-7H,8H2,1H3. The fourth-order valence-electron chi connectivity index (χ4n) is 1.77. The third kappa shape index (κ3) is 3.06. The van der Waals surface area contributed by atoms with E-state index in [-0.39, 0.29) is 17.9 Å². The maximum Gasteiger partial charge on any atom is 0.251 e. The van der Waals surface area contributed by atoms with Crippen LogP contribution in [0.1, 0.15) is 16.1 Å². The van der Waals surface area contributed by atoms with Gasteiger partial charge >= 0.3 is 0 Å². The molecule has 1 aromatic carbocycles. The molecule has 1 aromatic heterocycles. The van der Waals surface area contributed by atoms with Gasteiger partial charge in [-0.1, -0.05) is 29.3 Å². The molecule has 0 unspecified atom stereocenters. The van der Waals surface area contributed by atoms with Gasteiger partial charge in [0.1, 0.15) is 0 Å². The number of ketones is 1. The van der Waals surface area contributed by atoms with Gasteiger partial charge in [-0.25, -0.2) is 0 Å². The van der Waals surface area contributed by atoms with Gasteiger partial charge in [-0.15, -0.1) is 0 Å². The summed E-state index contributed by atoms with van der Waals surface area (Å²) in [6.07, 6.45) is 0. The molecule has 0 atom stereocenters. The second-order valence-electron chi connectivity index (χ2n) is 4.14. The van der Waals surface area contributed by atoms with Crippen molar-refractivity contribution >= 4 is 29.0 Å². The number of halogens is 2. The van der Waals surface area contributed by atoms with E-state index < -0.39 is 0 Å². The summed E-state index contributed by atoms with van der Waals surface area (Å²) < 4.78 is 1.41. The summed E-state index contributed by atoms with van der Waals surface area (Å²) in [5.41, 5.74) is 0.880. The van der Waals surface area contributed by atoms with E-state index in [4.69, 9.17) is 23.2 Å². The normalized spacial score (nSPS) is 10.5. The highest BCUT2D eigenvalue weighted by atomic mass is 35.5. The average Bonchev–Trinajstić information content (AvgIpc) is 2.33. The first kappa shape index (κ1) is 13.8. The molecule has 0 N–H and O–H groups in total. The molecule has 1 heterocycles. The van der Waals surface area contributed by atoms with E-state index in [2.05, 4.69) is 0 Å². The van der Waals surface area contributed by atoms with Crippen molar-refractivity contribution in [1.82, 2.24) is 4.57 Å². The Balaban J connectivity index is 2.34. The quantitative estimate of drug-likeness (QED) is 0.815. The van der Waals surface area contributed by atoms with Crippen LogP contribution in [-0.2, 0) is 6.54 Å². The van der Waals surface area contributed by atoms with Gasteiger partial charge in [-0.05, 0) is 31.2 Å². The number of nitrogens with zero attached hydrogens (tertiary/aromatic N) is 1. The Bertz CT molecular complexity index is 692. The van der Waals surface area contributed by atoms with E-state index in [1.54, 1.807) is 31.2 Å². The monoisotopic (exact) mass is 295 g/mol. The van der Waals surface area contributed by atoms with Crippen LogP contribution in [0.15, 0.2) is 41.2 Å². The molecular weight excluding hydrogens is 285 g/mol. The number of Topliss-reactive ketones (excluding diaryl/α,β-unsaturated/α-hetero) is 1. The lowest BCUT2D eigenvalue weighted by Crippen LogP contribution is -2.25. The van der Waals surface area contributed by atoms with Crippen molar-refractivity contribution in [3.63, 3.8) is 0 Å². The topological polar surface area (TPSA) is 39.1 Å². The number of benzene rings is 1. The van der Waals surface area contributed by atoms with Gasteiger partial charge in [0.15, 0.2) is 5.78 Å². The van der Waals surface area contributed by atoms with Gasteiger partial charge in [0.25, 0.3) is 5.56 Å². The van der Waals surface area contributed by atoms with Crippen LogP contribution in [0.5, 0.6) is 0 Å². The molecule has 0 aliphatic rings. The van der Waals surface area contributed by atoms with Crippen LogP contribution in [0.3, 0.4) is 0 Å². The van der Waals surface area contributed by atoms with Crippen LogP contribution in [0.4, 0.5) is 0 Å². The van der Waals surface area contributed by atoms with Gasteiger partial charge in [0, 0.05) is 22.3 Å². The Morgan fingerprint density at radius 1 is 1.21 bits per heavy atom. The highest BCUT2D eigenvalue weighted by Gasteiger charge is 2.13. The van der Waals surface area contributed by atoms with Crippen molar-refractivity contribution < 1.29 is 4.79 Å². The number of rotatable bonds is 3. The van der Waals surface area contributed by atoms with E-state index in [0.29, 0.717) is 15.6 Å². The molecule has 0 saturated carbocycles. The predicted octanol–water partition coefficient (Wildman–Crippen LogP) is 3.35. The molecule has 2 rings (SSSR count). The first-order chi connectivity index (χ1) is 8.99. The zero-order valence-corrected chi connectivity index (χ0v) is 11.7. The maximum absolute atomic E-state index is 12.2. The molecule has 98 valence electrons. The van der Waals surface area contributed by atoms with Crippen molar-refractivity contribution in [3.8, 4) is 0 Å². The largest absolute Gasteiger partial charge is 0.305 e. The number of hydrogen-bond acceptors (Lipinski definition) is 2. The SMILES string of the molecule is Cc1cccc(=O)n1CC(=O)c1ccc(Cl)cc1Cl. The number of aryl methyl sites for hydroxylation is 1. The fraction of sp³-hybridized carbons (Fsp3) is 0.143. The third-order valence-corrected chi connectivity index (χ3v) is 3.35. The van der Waals surface area contributed by atoms with Crippen LogP contribution in [-0.4, -0.2) is 10.4 Å². The molecule has 3 nitrogen and oxygen atoms in total. The molecule has 0 saturated heterocycles. The highest BCUT2D eigenvalue weighted by molar-refractivity contribution is 6.36. The molecule has 0 spiro atoms. The van der Waals surface area contributed by atoms with E-state index >= 15 is 0 Å². The minimum atomic E-state index is -0.224. The summed E-state index contributed by atoms with van der Waals surface area (Å²) in [6.45, 7) is 1.74. The van der Waals surface area contributed by atoms with Gasteiger partial charge < -0.3 is 4.57 Å². The average molecular weight is 296 g/mol. The lowest BCUT2D eigenvalue weighted by molar-refractivity contribution is 0.0970. The van der Waals surface area contributed by atoms with Gasteiger partial charge in [0.05, 0.1) is 11.6 Å². The second kappa shape index (κ2) is 5.59. The zero-order chi connectivity index (χ0) is 14.0. The Morgan fingerprint density at radius 3 is 2.58 bits per heavy atom. The number of carbonyl (C=O) groups is 1. The lowest BCUT2D eigenvalue weighted by atomic mass is 10.1. The van der Waals surface area contributed by atoms with Crippen LogP contribution >= 0.6 is 23.2 Å².